The minimum absolute atomic E-state index is 0.0515. The van der Waals surface area contributed by atoms with E-state index in [-0.39, 0.29) is 17.9 Å². The topological polar surface area (TPSA) is 58.2 Å². The first-order valence-electron chi connectivity index (χ1n) is 5.59. The molecule has 0 saturated carbocycles. The molecule has 2 N–H and O–H groups in total. The molecule has 1 aromatic carbocycles. The van der Waals surface area contributed by atoms with E-state index in [0.29, 0.717) is 18.5 Å². The number of halogens is 2. The normalized spacial score (nSPS) is 18.6. The highest BCUT2D eigenvalue weighted by atomic mass is 79.9. The number of nitrogens with one attached hydrogen (secondary N) is 2. The summed E-state index contributed by atoms with van der Waals surface area (Å²) in [7, 11) is 0. The van der Waals surface area contributed by atoms with E-state index >= 15 is 0 Å². The van der Waals surface area contributed by atoms with E-state index in [1.165, 1.54) is 0 Å². The Morgan fingerprint density at radius 3 is 2.83 bits per heavy atom. The molecular formula is C12H12Br2N2O2. The molecule has 0 aliphatic carbocycles. The van der Waals surface area contributed by atoms with Crippen molar-refractivity contribution in [2.45, 2.75) is 18.9 Å². The fourth-order valence-electron chi connectivity index (χ4n) is 1.82. The van der Waals surface area contributed by atoms with Crippen molar-refractivity contribution in [2.75, 3.05) is 6.54 Å². The van der Waals surface area contributed by atoms with Gasteiger partial charge in [0.05, 0.1) is 5.56 Å². The van der Waals surface area contributed by atoms with Crippen LogP contribution in [0.2, 0.25) is 0 Å². The summed E-state index contributed by atoms with van der Waals surface area (Å²) in [6.45, 7) is 0.465. The first-order chi connectivity index (χ1) is 8.56. The fraction of sp³-hybridized carbons (Fsp3) is 0.333. The van der Waals surface area contributed by atoms with Gasteiger partial charge in [0.2, 0.25) is 5.91 Å². The zero-order chi connectivity index (χ0) is 13.1. The summed E-state index contributed by atoms with van der Waals surface area (Å²) in [5.74, 6) is -0.0883. The molecule has 4 nitrogen and oxygen atoms in total. The number of carbonyl (C=O) groups is 2. The fourth-order valence-corrected chi connectivity index (χ4v) is 3.04. The Morgan fingerprint density at radius 2 is 2.22 bits per heavy atom. The molecule has 0 radical (unpaired) electrons. The number of benzene rings is 1. The molecular weight excluding hydrogens is 364 g/mol. The molecule has 1 aliphatic rings. The van der Waals surface area contributed by atoms with Crippen molar-refractivity contribution < 1.29 is 9.59 Å². The SMILES string of the molecule is O=C1CCC(CNC(=O)c2ccc(Br)cc2Br)N1. The smallest absolute Gasteiger partial charge is 0.252 e. The van der Waals surface area contributed by atoms with Crippen LogP contribution >= 0.6 is 31.9 Å². The molecule has 0 bridgehead atoms. The van der Waals surface area contributed by atoms with Gasteiger partial charge in [0.1, 0.15) is 0 Å². The second-order valence-electron chi connectivity index (χ2n) is 4.14. The third kappa shape index (κ3) is 3.32. The second-order valence-corrected chi connectivity index (χ2v) is 5.91. The van der Waals surface area contributed by atoms with Crippen LogP contribution in [0.5, 0.6) is 0 Å². The van der Waals surface area contributed by atoms with Crippen LogP contribution in [0.3, 0.4) is 0 Å². The summed E-state index contributed by atoms with van der Waals surface area (Å²) >= 11 is 6.69. The van der Waals surface area contributed by atoms with Crippen molar-refractivity contribution >= 4 is 43.7 Å². The summed E-state index contributed by atoms with van der Waals surface area (Å²) in [5.41, 5.74) is 0.586. The van der Waals surface area contributed by atoms with Crippen LogP contribution in [-0.2, 0) is 4.79 Å². The minimum atomic E-state index is -0.143. The Bertz CT molecular complexity index is 491. The first-order valence-corrected chi connectivity index (χ1v) is 7.17. The average molecular weight is 376 g/mol. The lowest BCUT2D eigenvalue weighted by Gasteiger charge is -2.12. The lowest BCUT2D eigenvalue weighted by Crippen LogP contribution is -2.38. The first kappa shape index (κ1) is 13.5. The maximum Gasteiger partial charge on any atom is 0.252 e. The number of amides is 2. The Kier molecular flexibility index (Phi) is 4.40. The molecule has 1 saturated heterocycles. The van der Waals surface area contributed by atoms with E-state index in [1.54, 1.807) is 6.07 Å². The molecule has 6 heteroatoms. The van der Waals surface area contributed by atoms with Crippen molar-refractivity contribution in [3.05, 3.63) is 32.7 Å². The van der Waals surface area contributed by atoms with Gasteiger partial charge < -0.3 is 10.6 Å². The molecule has 0 aromatic heterocycles. The summed E-state index contributed by atoms with van der Waals surface area (Å²) in [5, 5.41) is 5.63. The summed E-state index contributed by atoms with van der Waals surface area (Å²) < 4.78 is 1.65. The molecule has 2 rings (SSSR count). The Balaban J connectivity index is 1.93. The third-order valence-corrected chi connectivity index (χ3v) is 3.92. The van der Waals surface area contributed by atoms with Crippen molar-refractivity contribution in [3.63, 3.8) is 0 Å². The lowest BCUT2D eigenvalue weighted by atomic mass is 10.2. The predicted molar refractivity (Wildman–Crippen MR) is 75.3 cm³/mol. The largest absolute Gasteiger partial charge is 0.352 e. The molecule has 1 heterocycles. The van der Waals surface area contributed by atoms with Crippen LogP contribution in [0, 0.1) is 0 Å². The van der Waals surface area contributed by atoms with Crippen LogP contribution in [-0.4, -0.2) is 24.4 Å². The standard InChI is InChI=1S/C12H12Br2N2O2/c13-7-1-3-9(10(14)5-7)12(18)15-6-8-2-4-11(17)16-8/h1,3,5,8H,2,4,6H2,(H,15,18)(H,16,17). The van der Waals surface area contributed by atoms with Crippen LogP contribution in [0.15, 0.2) is 27.1 Å². The van der Waals surface area contributed by atoms with Gasteiger partial charge in [-0.2, -0.15) is 0 Å². The highest BCUT2D eigenvalue weighted by Gasteiger charge is 2.21. The number of carbonyl (C=O) groups excluding carboxylic acids is 2. The van der Waals surface area contributed by atoms with Crippen molar-refractivity contribution in [2.24, 2.45) is 0 Å². The molecule has 1 fully saturated rings. The van der Waals surface area contributed by atoms with E-state index in [2.05, 4.69) is 42.5 Å². The quantitative estimate of drug-likeness (QED) is 0.850. The van der Waals surface area contributed by atoms with E-state index in [1.807, 2.05) is 12.1 Å². The molecule has 1 unspecified atom stereocenters. The van der Waals surface area contributed by atoms with E-state index in [4.69, 9.17) is 0 Å². The molecule has 2 amide bonds. The van der Waals surface area contributed by atoms with Gasteiger partial charge in [-0.1, -0.05) is 15.9 Å². The summed E-state index contributed by atoms with van der Waals surface area (Å²) in [6.07, 6.45) is 1.32. The molecule has 18 heavy (non-hydrogen) atoms. The van der Waals surface area contributed by atoms with Gasteiger partial charge in [-0.3, -0.25) is 9.59 Å². The molecule has 1 atom stereocenters. The molecule has 1 aliphatic heterocycles. The van der Waals surface area contributed by atoms with Gasteiger partial charge in [0, 0.05) is 28.0 Å². The summed E-state index contributed by atoms with van der Waals surface area (Å²) in [4.78, 5) is 23.0. The van der Waals surface area contributed by atoms with Crippen LogP contribution in [0.1, 0.15) is 23.2 Å². The minimum Gasteiger partial charge on any atom is -0.352 e. The van der Waals surface area contributed by atoms with Gasteiger partial charge >= 0.3 is 0 Å². The maximum atomic E-state index is 11.9. The van der Waals surface area contributed by atoms with Crippen molar-refractivity contribution in [3.8, 4) is 0 Å². The van der Waals surface area contributed by atoms with Crippen LogP contribution in [0.4, 0.5) is 0 Å². The zero-order valence-electron chi connectivity index (χ0n) is 9.50. The van der Waals surface area contributed by atoms with E-state index < -0.39 is 0 Å². The highest BCUT2D eigenvalue weighted by molar-refractivity contribution is 9.11. The average Bonchev–Trinajstić information content (AvgIpc) is 2.72. The number of hydrogen-bond acceptors (Lipinski definition) is 2. The Hall–Kier alpha value is -0.880. The van der Waals surface area contributed by atoms with Crippen LogP contribution in [0.25, 0.3) is 0 Å². The number of hydrogen-bond donors (Lipinski definition) is 2. The molecule has 96 valence electrons. The maximum absolute atomic E-state index is 11.9. The monoisotopic (exact) mass is 374 g/mol. The van der Waals surface area contributed by atoms with E-state index in [0.717, 1.165) is 15.4 Å². The Morgan fingerprint density at radius 1 is 1.44 bits per heavy atom. The third-order valence-electron chi connectivity index (χ3n) is 2.77. The van der Waals surface area contributed by atoms with E-state index in [9.17, 15) is 9.59 Å². The Labute approximate surface area is 122 Å². The van der Waals surface area contributed by atoms with Gasteiger partial charge in [-0.25, -0.2) is 0 Å². The number of rotatable bonds is 3. The highest BCUT2D eigenvalue weighted by Crippen LogP contribution is 2.21. The van der Waals surface area contributed by atoms with Gasteiger partial charge in [0.25, 0.3) is 5.91 Å². The van der Waals surface area contributed by atoms with Crippen molar-refractivity contribution in [1.29, 1.82) is 0 Å². The summed E-state index contributed by atoms with van der Waals surface area (Å²) in [6, 6.07) is 5.44. The van der Waals surface area contributed by atoms with Gasteiger partial charge in [0.15, 0.2) is 0 Å². The van der Waals surface area contributed by atoms with Gasteiger partial charge in [-0.15, -0.1) is 0 Å². The predicted octanol–water partition coefficient (Wildman–Crippen LogP) is 2.22. The van der Waals surface area contributed by atoms with Gasteiger partial charge in [-0.05, 0) is 40.5 Å². The van der Waals surface area contributed by atoms with Crippen molar-refractivity contribution in [1.82, 2.24) is 10.6 Å². The van der Waals surface area contributed by atoms with Crippen LogP contribution < -0.4 is 10.6 Å². The zero-order valence-corrected chi connectivity index (χ0v) is 12.7. The second kappa shape index (κ2) is 5.84. The molecule has 1 aromatic rings. The lowest BCUT2D eigenvalue weighted by molar-refractivity contribution is -0.119. The molecule has 0 spiro atoms.